The lowest BCUT2D eigenvalue weighted by Gasteiger charge is -2.18. The highest BCUT2D eigenvalue weighted by atomic mass is 32.2. The molecule has 1 saturated carbocycles. The second-order valence-corrected chi connectivity index (χ2v) is 8.28. The zero-order valence-electron chi connectivity index (χ0n) is 17.2. The Hall–Kier alpha value is -2.80. The molecule has 4 rings (SSSR count). The van der Waals surface area contributed by atoms with E-state index in [1.807, 2.05) is 54.0 Å². The first kappa shape index (κ1) is 20.5. The first-order chi connectivity index (χ1) is 14.7. The van der Waals surface area contributed by atoms with E-state index in [4.69, 9.17) is 4.74 Å². The van der Waals surface area contributed by atoms with Crippen LogP contribution in [0, 0.1) is 5.92 Å². The van der Waals surface area contributed by atoms with Gasteiger partial charge in [-0.15, -0.1) is 10.2 Å². The lowest BCUT2D eigenvalue weighted by Crippen LogP contribution is -2.31. The van der Waals surface area contributed by atoms with E-state index in [-0.39, 0.29) is 11.9 Å². The number of rotatable bonds is 9. The van der Waals surface area contributed by atoms with Crippen molar-refractivity contribution in [3.8, 4) is 17.1 Å². The van der Waals surface area contributed by atoms with Crippen LogP contribution in [0.2, 0.25) is 0 Å². The molecule has 1 amide bonds. The first-order valence-electron chi connectivity index (χ1n) is 10.2. The van der Waals surface area contributed by atoms with Gasteiger partial charge in [-0.25, -0.2) is 0 Å². The van der Waals surface area contributed by atoms with Crippen molar-refractivity contribution in [2.45, 2.75) is 37.5 Å². The molecule has 7 heteroatoms. The first-order valence-corrected chi connectivity index (χ1v) is 11.2. The number of benzene rings is 2. The molecule has 0 radical (unpaired) electrons. The fourth-order valence-corrected chi connectivity index (χ4v) is 4.43. The van der Waals surface area contributed by atoms with Crippen LogP contribution in [-0.2, 0) is 11.3 Å². The van der Waals surface area contributed by atoms with E-state index in [1.54, 1.807) is 7.11 Å². The molecule has 0 saturated heterocycles. The quantitative estimate of drug-likeness (QED) is 0.520. The normalized spacial score (nSPS) is 14.3. The van der Waals surface area contributed by atoms with Crippen LogP contribution < -0.4 is 10.1 Å². The van der Waals surface area contributed by atoms with Crippen LogP contribution >= 0.6 is 11.8 Å². The van der Waals surface area contributed by atoms with E-state index in [0.29, 0.717) is 18.2 Å². The molecule has 1 aromatic heterocycles. The van der Waals surface area contributed by atoms with Crippen molar-refractivity contribution in [2.24, 2.45) is 5.92 Å². The number of nitrogens with zero attached hydrogens (tertiary/aromatic N) is 3. The van der Waals surface area contributed by atoms with Gasteiger partial charge in [0.1, 0.15) is 5.75 Å². The molecule has 2 aromatic carbocycles. The summed E-state index contributed by atoms with van der Waals surface area (Å²) < 4.78 is 7.49. The van der Waals surface area contributed by atoms with Gasteiger partial charge in [-0.1, -0.05) is 54.2 Å². The van der Waals surface area contributed by atoms with Crippen molar-refractivity contribution >= 4 is 17.7 Å². The lowest BCUT2D eigenvalue weighted by atomic mass is 10.0. The highest BCUT2D eigenvalue weighted by Crippen LogP contribution is 2.41. The van der Waals surface area contributed by atoms with E-state index < -0.39 is 0 Å². The number of methoxy groups -OCH3 is 1. The number of aromatic nitrogens is 3. The number of carbonyl (C=O) groups excluding carboxylic acids is 1. The van der Waals surface area contributed by atoms with Gasteiger partial charge in [0.15, 0.2) is 11.0 Å². The highest BCUT2D eigenvalue weighted by molar-refractivity contribution is 7.99. The Bertz CT molecular complexity index is 1000. The molecule has 1 N–H and O–H groups in total. The van der Waals surface area contributed by atoms with Crippen LogP contribution in [0.15, 0.2) is 59.8 Å². The number of hydrogen-bond acceptors (Lipinski definition) is 5. The maximum Gasteiger partial charge on any atom is 0.230 e. The number of hydrogen-bond donors (Lipinski definition) is 1. The lowest BCUT2D eigenvalue weighted by molar-refractivity contribution is -0.119. The van der Waals surface area contributed by atoms with Crippen molar-refractivity contribution in [3.05, 3.63) is 60.2 Å². The van der Waals surface area contributed by atoms with E-state index in [1.165, 1.54) is 30.2 Å². The minimum Gasteiger partial charge on any atom is -0.496 e. The summed E-state index contributed by atoms with van der Waals surface area (Å²) in [6, 6.07) is 18.1. The second-order valence-electron chi connectivity index (χ2n) is 7.33. The van der Waals surface area contributed by atoms with Crippen molar-refractivity contribution in [2.75, 3.05) is 12.9 Å². The molecule has 1 aliphatic carbocycles. The molecule has 0 aliphatic heterocycles. The Kier molecular flexibility index (Phi) is 6.38. The molecule has 6 nitrogen and oxygen atoms in total. The van der Waals surface area contributed by atoms with Crippen LogP contribution in [0.25, 0.3) is 11.4 Å². The van der Waals surface area contributed by atoms with E-state index in [0.717, 1.165) is 22.3 Å². The average Bonchev–Trinajstić information content (AvgIpc) is 3.55. The van der Waals surface area contributed by atoms with Crippen LogP contribution in [0.4, 0.5) is 0 Å². The van der Waals surface area contributed by atoms with Crippen molar-refractivity contribution in [1.82, 2.24) is 20.1 Å². The molecular formula is C23H26N4O2S. The van der Waals surface area contributed by atoms with Crippen molar-refractivity contribution < 1.29 is 9.53 Å². The summed E-state index contributed by atoms with van der Waals surface area (Å²) in [7, 11) is 1.65. The minimum atomic E-state index is 0.0187. The van der Waals surface area contributed by atoms with Gasteiger partial charge in [0.05, 0.1) is 24.5 Å². The molecule has 1 heterocycles. The van der Waals surface area contributed by atoms with Gasteiger partial charge in [0, 0.05) is 6.54 Å². The number of amides is 1. The summed E-state index contributed by atoms with van der Waals surface area (Å²) in [5, 5.41) is 12.7. The summed E-state index contributed by atoms with van der Waals surface area (Å²) in [5.41, 5.74) is 2.07. The van der Waals surface area contributed by atoms with Gasteiger partial charge >= 0.3 is 0 Å². The van der Waals surface area contributed by atoms with Crippen molar-refractivity contribution in [3.63, 3.8) is 0 Å². The Labute approximate surface area is 181 Å². The SMILES string of the molecule is CCn1c(SCC(=O)NC(c2ccccc2)C2CC2)nnc1-c1ccccc1OC. The standard InChI is InChI=1S/C23H26N4O2S/c1-3-27-22(18-11-7-8-12-19(18)29-2)25-26-23(27)30-15-20(28)24-21(17-13-14-17)16-9-5-4-6-10-16/h4-12,17,21H,3,13-15H2,1-2H3,(H,24,28). The summed E-state index contributed by atoms with van der Waals surface area (Å²) >= 11 is 1.41. The summed E-state index contributed by atoms with van der Waals surface area (Å²) in [5.74, 6) is 2.37. The largest absolute Gasteiger partial charge is 0.496 e. The summed E-state index contributed by atoms with van der Waals surface area (Å²) in [6.07, 6.45) is 2.33. The van der Waals surface area contributed by atoms with Crippen molar-refractivity contribution in [1.29, 1.82) is 0 Å². The maximum atomic E-state index is 12.7. The molecule has 156 valence electrons. The third-order valence-corrected chi connectivity index (χ3v) is 6.25. The number of thioether (sulfide) groups is 1. The second kappa shape index (κ2) is 9.34. The average molecular weight is 423 g/mol. The number of para-hydroxylation sites is 1. The Morgan fingerprint density at radius 1 is 1.17 bits per heavy atom. The molecule has 1 unspecified atom stereocenters. The molecule has 0 bridgehead atoms. The van der Waals surface area contributed by atoms with E-state index in [2.05, 4.69) is 27.6 Å². The predicted octanol–water partition coefficient (Wildman–Crippen LogP) is 4.33. The maximum absolute atomic E-state index is 12.7. The van der Waals surface area contributed by atoms with E-state index in [9.17, 15) is 4.79 Å². The molecular weight excluding hydrogens is 396 g/mol. The van der Waals surface area contributed by atoms with Gasteiger partial charge in [0.25, 0.3) is 0 Å². The van der Waals surface area contributed by atoms with Crippen LogP contribution in [-0.4, -0.2) is 33.5 Å². The molecule has 1 atom stereocenters. The zero-order chi connectivity index (χ0) is 20.9. The Morgan fingerprint density at radius 3 is 2.60 bits per heavy atom. The third-order valence-electron chi connectivity index (χ3n) is 5.28. The molecule has 30 heavy (non-hydrogen) atoms. The summed E-state index contributed by atoms with van der Waals surface area (Å²) in [4.78, 5) is 12.7. The van der Waals surface area contributed by atoms with Crippen LogP contribution in [0.3, 0.4) is 0 Å². The molecule has 0 spiro atoms. The molecule has 1 fully saturated rings. The van der Waals surface area contributed by atoms with Crippen LogP contribution in [0.5, 0.6) is 5.75 Å². The monoisotopic (exact) mass is 422 g/mol. The zero-order valence-corrected chi connectivity index (χ0v) is 18.1. The number of carbonyl (C=O) groups is 1. The predicted molar refractivity (Wildman–Crippen MR) is 118 cm³/mol. The van der Waals surface area contributed by atoms with Gasteiger partial charge in [0.2, 0.25) is 5.91 Å². The number of ether oxygens (including phenoxy) is 1. The van der Waals surface area contributed by atoms with Gasteiger partial charge in [-0.3, -0.25) is 4.79 Å². The fraction of sp³-hybridized carbons (Fsp3) is 0.348. The third kappa shape index (κ3) is 4.51. The smallest absolute Gasteiger partial charge is 0.230 e. The highest BCUT2D eigenvalue weighted by Gasteiger charge is 2.33. The van der Waals surface area contributed by atoms with E-state index >= 15 is 0 Å². The minimum absolute atomic E-state index is 0.0187. The fourth-order valence-electron chi connectivity index (χ4n) is 3.62. The molecule has 1 aliphatic rings. The van der Waals surface area contributed by atoms with Gasteiger partial charge in [-0.05, 0) is 43.4 Å². The molecule has 3 aromatic rings. The topological polar surface area (TPSA) is 69.0 Å². The summed E-state index contributed by atoms with van der Waals surface area (Å²) in [6.45, 7) is 2.75. The van der Waals surface area contributed by atoms with Gasteiger partial charge in [-0.2, -0.15) is 0 Å². The van der Waals surface area contributed by atoms with Gasteiger partial charge < -0.3 is 14.6 Å². The Morgan fingerprint density at radius 2 is 1.90 bits per heavy atom. The Balaban J connectivity index is 1.45. The number of nitrogens with one attached hydrogen (secondary N) is 1. The van der Waals surface area contributed by atoms with Crippen LogP contribution in [0.1, 0.15) is 31.4 Å².